The number of rotatable bonds is 6. The van der Waals surface area contributed by atoms with Crippen LogP contribution in [0.5, 0.6) is 5.75 Å². The molecule has 0 amide bonds. The van der Waals surface area contributed by atoms with E-state index in [9.17, 15) is 0 Å². The van der Waals surface area contributed by atoms with Crippen LogP contribution in [0.25, 0.3) is 0 Å². The molecule has 1 N–H and O–H groups in total. The van der Waals surface area contributed by atoms with Crippen molar-refractivity contribution in [1.82, 2.24) is 10.3 Å². The molecule has 5 heteroatoms. The van der Waals surface area contributed by atoms with Gasteiger partial charge in [0.25, 0.3) is 0 Å². The number of ether oxygens (including phenoxy) is 1. The van der Waals surface area contributed by atoms with Crippen LogP contribution in [0.1, 0.15) is 30.1 Å². The van der Waals surface area contributed by atoms with E-state index in [0.29, 0.717) is 17.7 Å². The monoisotopic (exact) mass is 310 g/mol. The SMILES string of the molecule is Cc1nc(COc2c(Cl)cccc2CNC(C)C)cs1. The summed E-state index contributed by atoms with van der Waals surface area (Å²) in [5, 5.41) is 7.08. The lowest BCUT2D eigenvalue weighted by atomic mass is 10.2. The molecule has 0 radical (unpaired) electrons. The molecule has 108 valence electrons. The van der Waals surface area contributed by atoms with Gasteiger partial charge in [0.15, 0.2) is 0 Å². The van der Waals surface area contributed by atoms with E-state index in [4.69, 9.17) is 16.3 Å². The van der Waals surface area contributed by atoms with E-state index in [1.54, 1.807) is 11.3 Å². The Morgan fingerprint density at radius 2 is 2.20 bits per heavy atom. The van der Waals surface area contributed by atoms with E-state index >= 15 is 0 Å². The van der Waals surface area contributed by atoms with Crippen molar-refractivity contribution in [1.29, 1.82) is 0 Å². The number of nitrogens with one attached hydrogen (secondary N) is 1. The molecule has 1 aromatic carbocycles. The average molecular weight is 311 g/mol. The number of hydrogen-bond acceptors (Lipinski definition) is 4. The highest BCUT2D eigenvalue weighted by atomic mass is 35.5. The Kier molecular flexibility index (Phi) is 5.40. The molecule has 0 saturated carbocycles. The zero-order valence-electron chi connectivity index (χ0n) is 11.9. The molecule has 0 bridgehead atoms. The largest absolute Gasteiger partial charge is 0.485 e. The van der Waals surface area contributed by atoms with Crippen molar-refractivity contribution >= 4 is 22.9 Å². The molecule has 0 atom stereocenters. The van der Waals surface area contributed by atoms with E-state index in [2.05, 4.69) is 24.1 Å². The normalized spacial score (nSPS) is 11.1. The van der Waals surface area contributed by atoms with Crippen LogP contribution in [0.4, 0.5) is 0 Å². The minimum Gasteiger partial charge on any atom is -0.485 e. The van der Waals surface area contributed by atoms with Crippen LogP contribution < -0.4 is 10.1 Å². The van der Waals surface area contributed by atoms with Gasteiger partial charge in [-0.1, -0.05) is 37.6 Å². The third-order valence-electron chi connectivity index (χ3n) is 2.78. The average Bonchev–Trinajstić information content (AvgIpc) is 2.81. The van der Waals surface area contributed by atoms with Crippen molar-refractivity contribution < 1.29 is 4.74 Å². The summed E-state index contributed by atoms with van der Waals surface area (Å²) in [5.74, 6) is 0.743. The fourth-order valence-electron chi connectivity index (χ4n) is 1.79. The van der Waals surface area contributed by atoms with Crippen molar-refractivity contribution in [2.24, 2.45) is 0 Å². The highest BCUT2D eigenvalue weighted by Gasteiger charge is 2.10. The number of nitrogens with zero attached hydrogens (tertiary/aromatic N) is 1. The number of benzene rings is 1. The summed E-state index contributed by atoms with van der Waals surface area (Å²) in [6.07, 6.45) is 0. The topological polar surface area (TPSA) is 34.1 Å². The second-order valence-electron chi connectivity index (χ2n) is 4.91. The predicted molar refractivity (Wildman–Crippen MR) is 84.6 cm³/mol. The molecule has 0 spiro atoms. The fourth-order valence-corrected chi connectivity index (χ4v) is 2.64. The van der Waals surface area contributed by atoms with Crippen molar-refractivity contribution in [2.45, 2.75) is 40.0 Å². The summed E-state index contributed by atoms with van der Waals surface area (Å²) in [7, 11) is 0. The Morgan fingerprint density at radius 1 is 1.40 bits per heavy atom. The van der Waals surface area contributed by atoms with Gasteiger partial charge in [0.1, 0.15) is 12.4 Å². The maximum atomic E-state index is 6.25. The van der Waals surface area contributed by atoms with Crippen LogP contribution in [0.3, 0.4) is 0 Å². The molecule has 20 heavy (non-hydrogen) atoms. The van der Waals surface area contributed by atoms with E-state index < -0.39 is 0 Å². The van der Waals surface area contributed by atoms with Crippen molar-refractivity contribution in [3.63, 3.8) is 0 Å². The molecule has 2 rings (SSSR count). The summed E-state index contributed by atoms with van der Waals surface area (Å²) in [6.45, 7) is 7.40. The van der Waals surface area contributed by atoms with Gasteiger partial charge in [-0.25, -0.2) is 4.98 Å². The van der Waals surface area contributed by atoms with Gasteiger partial charge in [-0.3, -0.25) is 0 Å². The Bertz CT molecular complexity index is 569. The zero-order valence-corrected chi connectivity index (χ0v) is 13.5. The van der Waals surface area contributed by atoms with E-state index in [0.717, 1.165) is 28.6 Å². The first-order valence-electron chi connectivity index (χ1n) is 6.61. The van der Waals surface area contributed by atoms with Gasteiger partial charge in [-0.2, -0.15) is 0 Å². The van der Waals surface area contributed by atoms with Crippen molar-refractivity contribution in [2.75, 3.05) is 0 Å². The summed E-state index contributed by atoms with van der Waals surface area (Å²) in [4.78, 5) is 4.39. The van der Waals surface area contributed by atoms with Crippen LogP contribution in [0.2, 0.25) is 5.02 Å². The number of thiazole rings is 1. The zero-order chi connectivity index (χ0) is 14.5. The summed E-state index contributed by atoms with van der Waals surface area (Å²) < 4.78 is 5.87. The first-order chi connectivity index (χ1) is 9.56. The number of aromatic nitrogens is 1. The van der Waals surface area contributed by atoms with Crippen LogP contribution in [-0.2, 0) is 13.2 Å². The highest BCUT2D eigenvalue weighted by molar-refractivity contribution is 7.09. The maximum Gasteiger partial charge on any atom is 0.142 e. The van der Waals surface area contributed by atoms with Crippen molar-refractivity contribution in [3.8, 4) is 5.75 Å². The molecule has 2 aromatic rings. The van der Waals surface area contributed by atoms with Crippen molar-refractivity contribution in [3.05, 3.63) is 44.9 Å². The van der Waals surface area contributed by atoms with Crippen LogP contribution >= 0.6 is 22.9 Å². The van der Waals surface area contributed by atoms with Gasteiger partial charge in [0.2, 0.25) is 0 Å². The number of para-hydroxylation sites is 1. The molecule has 0 unspecified atom stereocenters. The van der Waals surface area contributed by atoms with Gasteiger partial charge in [-0.05, 0) is 13.0 Å². The first-order valence-corrected chi connectivity index (χ1v) is 7.86. The second-order valence-corrected chi connectivity index (χ2v) is 6.38. The molecule has 0 fully saturated rings. The molecule has 0 aliphatic carbocycles. The minimum absolute atomic E-state index is 0.419. The summed E-state index contributed by atoms with van der Waals surface area (Å²) >= 11 is 7.87. The Morgan fingerprint density at radius 3 is 2.85 bits per heavy atom. The molecular formula is C15H19ClN2OS. The maximum absolute atomic E-state index is 6.25. The molecule has 1 aromatic heterocycles. The smallest absolute Gasteiger partial charge is 0.142 e. The Balaban J connectivity index is 2.08. The minimum atomic E-state index is 0.419. The van der Waals surface area contributed by atoms with Gasteiger partial charge in [0, 0.05) is 23.5 Å². The highest BCUT2D eigenvalue weighted by Crippen LogP contribution is 2.29. The van der Waals surface area contributed by atoms with Crippen LogP contribution in [0.15, 0.2) is 23.6 Å². The third kappa shape index (κ3) is 4.20. The molecule has 0 saturated heterocycles. The molecule has 0 aliphatic heterocycles. The number of hydrogen-bond donors (Lipinski definition) is 1. The lowest BCUT2D eigenvalue weighted by molar-refractivity contribution is 0.298. The molecule has 0 aliphatic rings. The van der Waals surface area contributed by atoms with Gasteiger partial charge in [-0.15, -0.1) is 11.3 Å². The van der Waals surface area contributed by atoms with Crippen LogP contribution in [0, 0.1) is 6.92 Å². The molecular weight excluding hydrogens is 292 g/mol. The van der Waals surface area contributed by atoms with Crippen LogP contribution in [-0.4, -0.2) is 11.0 Å². The van der Waals surface area contributed by atoms with Gasteiger partial charge in [0.05, 0.1) is 15.7 Å². The number of aryl methyl sites for hydroxylation is 1. The molecule has 1 heterocycles. The van der Waals surface area contributed by atoms with E-state index in [1.165, 1.54) is 0 Å². The second kappa shape index (κ2) is 7.07. The lowest BCUT2D eigenvalue weighted by Gasteiger charge is -2.14. The Labute approximate surface area is 129 Å². The third-order valence-corrected chi connectivity index (χ3v) is 3.90. The summed E-state index contributed by atoms with van der Waals surface area (Å²) in [5.41, 5.74) is 2.01. The van der Waals surface area contributed by atoms with E-state index in [1.807, 2.05) is 30.5 Å². The predicted octanol–water partition coefficient (Wildman–Crippen LogP) is 4.18. The van der Waals surface area contributed by atoms with Gasteiger partial charge >= 0.3 is 0 Å². The van der Waals surface area contributed by atoms with E-state index in [-0.39, 0.29) is 0 Å². The van der Waals surface area contributed by atoms with Gasteiger partial charge < -0.3 is 10.1 Å². The Hall–Kier alpha value is -1.10. The quantitative estimate of drug-likeness (QED) is 0.869. The number of halogens is 1. The summed E-state index contributed by atoms with van der Waals surface area (Å²) in [6, 6.07) is 6.24. The molecule has 3 nitrogen and oxygen atoms in total. The first kappa shape index (κ1) is 15.3. The standard InChI is InChI=1S/C15H19ClN2OS/c1-10(2)17-7-12-5-4-6-14(16)15(12)19-8-13-9-20-11(3)18-13/h4-6,9-10,17H,7-8H2,1-3H3. The fraction of sp³-hybridized carbons (Fsp3) is 0.400. The lowest BCUT2D eigenvalue weighted by Crippen LogP contribution is -2.22.